The fraction of sp³-hybridized carbons (Fsp3) is 0.571. The van der Waals surface area contributed by atoms with Crippen LogP contribution in [0.3, 0.4) is 0 Å². The van der Waals surface area contributed by atoms with Crippen molar-refractivity contribution in [2.45, 2.75) is 37.9 Å². The van der Waals surface area contributed by atoms with Crippen molar-refractivity contribution in [1.29, 1.82) is 0 Å². The molecule has 2 unspecified atom stereocenters. The van der Waals surface area contributed by atoms with Crippen molar-refractivity contribution in [2.75, 3.05) is 13.1 Å². The van der Waals surface area contributed by atoms with E-state index in [1.165, 1.54) is 19.3 Å². The van der Waals surface area contributed by atoms with Gasteiger partial charge in [-0.1, -0.05) is 15.9 Å². The van der Waals surface area contributed by atoms with E-state index in [2.05, 4.69) is 26.1 Å². The second kappa shape index (κ2) is 5.27. The number of fused-ring (bicyclic) bond motifs is 2. The highest BCUT2D eigenvalue weighted by atomic mass is 79.9. The summed E-state index contributed by atoms with van der Waals surface area (Å²) in [4.78, 5) is 2.38. The number of hydrogen-bond donors (Lipinski definition) is 1. The number of benzene rings is 1. The van der Waals surface area contributed by atoms with Gasteiger partial charge >= 0.3 is 0 Å². The Morgan fingerprint density at radius 1 is 1.28 bits per heavy atom. The lowest BCUT2D eigenvalue weighted by atomic mass is 10.1. The van der Waals surface area contributed by atoms with Crippen LogP contribution >= 0.6 is 15.9 Å². The molecule has 3 rings (SSSR count). The van der Waals surface area contributed by atoms with E-state index >= 15 is 0 Å². The van der Waals surface area contributed by atoms with Crippen LogP contribution in [-0.2, 0) is 6.54 Å². The Balaban J connectivity index is 1.70. The molecule has 0 aromatic heterocycles. The minimum atomic E-state index is -0.0967. The summed E-state index contributed by atoms with van der Waals surface area (Å²) in [5.41, 5.74) is 0.794. The summed E-state index contributed by atoms with van der Waals surface area (Å²) in [7, 11) is 0. The Labute approximate surface area is 116 Å². The highest BCUT2D eigenvalue weighted by molar-refractivity contribution is 9.10. The molecule has 2 nitrogen and oxygen atoms in total. The van der Waals surface area contributed by atoms with Gasteiger partial charge in [0.2, 0.25) is 0 Å². The van der Waals surface area contributed by atoms with E-state index in [9.17, 15) is 4.39 Å². The number of hydrogen-bond acceptors (Lipinski definition) is 2. The first kappa shape index (κ1) is 12.6. The minimum Gasteiger partial charge on any atom is -0.310 e. The van der Waals surface area contributed by atoms with Crippen LogP contribution in [0.15, 0.2) is 22.7 Å². The van der Waals surface area contributed by atoms with Crippen LogP contribution in [0.2, 0.25) is 0 Å². The maximum absolute atomic E-state index is 13.8. The van der Waals surface area contributed by atoms with Crippen molar-refractivity contribution in [3.05, 3.63) is 34.1 Å². The Morgan fingerprint density at radius 2 is 2.11 bits per heavy atom. The summed E-state index contributed by atoms with van der Waals surface area (Å²) in [6.45, 7) is 2.83. The van der Waals surface area contributed by atoms with Gasteiger partial charge in [-0.25, -0.2) is 4.39 Å². The monoisotopic (exact) mass is 312 g/mol. The van der Waals surface area contributed by atoms with Gasteiger partial charge in [-0.15, -0.1) is 0 Å². The molecule has 2 aliphatic rings. The molecule has 0 amide bonds. The number of rotatable bonds is 2. The van der Waals surface area contributed by atoms with E-state index in [0.717, 1.165) is 29.7 Å². The number of nitrogens with one attached hydrogen (secondary N) is 1. The van der Waals surface area contributed by atoms with Crippen molar-refractivity contribution >= 4 is 15.9 Å². The van der Waals surface area contributed by atoms with Crippen LogP contribution in [-0.4, -0.2) is 30.1 Å². The first-order chi connectivity index (χ1) is 8.70. The highest BCUT2D eigenvalue weighted by Crippen LogP contribution is 2.23. The molecule has 98 valence electrons. The van der Waals surface area contributed by atoms with Crippen molar-refractivity contribution in [3.63, 3.8) is 0 Å². The molecule has 2 saturated heterocycles. The number of nitrogens with zero attached hydrogens (tertiary/aromatic N) is 1. The molecule has 2 atom stereocenters. The summed E-state index contributed by atoms with van der Waals surface area (Å²) >= 11 is 3.41. The van der Waals surface area contributed by atoms with Crippen molar-refractivity contribution in [2.24, 2.45) is 0 Å². The summed E-state index contributed by atoms with van der Waals surface area (Å²) in [6.07, 6.45) is 3.76. The maximum Gasteiger partial charge on any atom is 0.127 e. The molecule has 4 heteroatoms. The lowest BCUT2D eigenvalue weighted by molar-refractivity contribution is 0.247. The van der Waals surface area contributed by atoms with Gasteiger partial charge in [0.1, 0.15) is 5.82 Å². The van der Waals surface area contributed by atoms with Crippen LogP contribution < -0.4 is 5.32 Å². The zero-order valence-corrected chi connectivity index (χ0v) is 11.9. The predicted octanol–water partition coefficient (Wildman–Crippen LogP) is 2.91. The molecular weight excluding hydrogens is 295 g/mol. The first-order valence-electron chi connectivity index (χ1n) is 6.63. The van der Waals surface area contributed by atoms with Gasteiger partial charge < -0.3 is 5.32 Å². The summed E-state index contributed by atoms with van der Waals surface area (Å²) in [5.74, 6) is -0.0967. The van der Waals surface area contributed by atoms with Crippen LogP contribution in [0.4, 0.5) is 4.39 Å². The third-order valence-corrected chi connectivity index (χ3v) is 4.50. The van der Waals surface area contributed by atoms with Gasteiger partial charge in [0.15, 0.2) is 0 Å². The van der Waals surface area contributed by atoms with Gasteiger partial charge in [0.05, 0.1) is 0 Å². The first-order valence-corrected chi connectivity index (χ1v) is 7.42. The Bertz CT molecular complexity index is 438. The molecule has 0 aliphatic carbocycles. The molecule has 0 radical (unpaired) electrons. The topological polar surface area (TPSA) is 15.3 Å². The van der Waals surface area contributed by atoms with Crippen LogP contribution in [0.5, 0.6) is 0 Å². The standard InChI is InChI=1S/C14H18BrFN2/c15-11-1-4-14(16)10(7-11)8-18-6-5-12-2-3-13(9-18)17-12/h1,4,7,12-13,17H,2-3,5-6,8-9H2. The largest absolute Gasteiger partial charge is 0.310 e. The molecule has 1 aromatic rings. The Hall–Kier alpha value is -0.450. The highest BCUT2D eigenvalue weighted by Gasteiger charge is 2.29. The quantitative estimate of drug-likeness (QED) is 0.903. The van der Waals surface area contributed by atoms with Gasteiger partial charge in [0, 0.05) is 41.8 Å². The van der Waals surface area contributed by atoms with E-state index in [1.807, 2.05) is 6.07 Å². The van der Waals surface area contributed by atoms with Gasteiger partial charge in [0.25, 0.3) is 0 Å². The van der Waals surface area contributed by atoms with E-state index in [1.54, 1.807) is 12.1 Å². The van der Waals surface area contributed by atoms with E-state index < -0.39 is 0 Å². The molecule has 2 heterocycles. The summed E-state index contributed by atoms with van der Waals surface area (Å²) in [6, 6.07) is 6.48. The van der Waals surface area contributed by atoms with E-state index in [4.69, 9.17) is 0 Å². The zero-order valence-electron chi connectivity index (χ0n) is 10.3. The van der Waals surface area contributed by atoms with Gasteiger partial charge in [-0.2, -0.15) is 0 Å². The molecule has 0 spiro atoms. The van der Waals surface area contributed by atoms with Gasteiger partial charge in [-0.05, 0) is 37.5 Å². The molecule has 2 aliphatic heterocycles. The molecule has 1 aromatic carbocycles. The van der Waals surface area contributed by atoms with Crippen molar-refractivity contribution < 1.29 is 4.39 Å². The second-order valence-corrected chi connectivity index (χ2v) is 6.31. The molecule has 18 heavy (non-hydrogen) atoms. The maximum atomic E-state index is 13.8. The fourth-order valence-electron chi connectivity index (χ4n) is 3.06. The van der Waals surface area contributed by atoms with Crippen LogP contribution in [0.25, 0.3) is 0 Å². The average molecular weight is 313 g/mol. The smallest absolute Gasteiger partial charge is 0.127 e. The van der Waals surface area contributed by atoms with Crippen molar-refractivity contribution in [1.82, 2.24) is 10.2 Å². The van der Waals surface area contributed by atoms with Crippen LogP contribution in [0, 0.1) is 5.82 Å². The summed E-state index contributed by atoms with van der Waals surface area (Å²) < 4.78 is 14.7. The molecule has 2 fully saturated rings. The Kier molecular flexibility index (Phi) is 3.68. The lowest BCUT2D eigenvalue weighted by Crippen LogP contribution is -2.35. The molecular formula is C14H18BrFN2. The summed E-state index contributed by atoms with van der Waals surface area (Å²) in [5, 5.41) is 3.65. The third-order valence-electron chi connectivity index (χ3n) is 4.01. The average Bonchev–Trinajstić information content (AvgIpc) is 2.67. The lowest BCUT2D eigenvalue weighted by Gasteiger charge is -2.24. The predicted molar refractivity (Wildman–Crippen MR) is 73.9 cm³/mol. The number of likely N-dealkylation sites (tertiary alicyclic amines) is 1. The van der Waals surface area contributed by atoms with E-state index in [0.29, 0.717) is 12.1 Å². The van der Waals surface area contributed by atoms with E-state index in [-0.39, 0.29) is 5.82 Å². The van der Waals surface area contributed by atoms with Crippen LogP contribution in [0.1, 0.15) is 24.8 Å². The zero-order chi connectivity index (χ0) is 12.5. The SMILES string of the molecule is Fc1ccc(Br)cc1CN1CCC2CCC(C1)N2. The minimum absolute atomic E-state index is 0.0967. The normalized spacial score (nSPS) is 28.3. The number of halogens is 2. The van der Waals surface area contributed by atoms with Gasteiger partial charge in [-0.3, -0.25) is 4.90 Å². The molecule has 0 saturated carbocycles. The molecule has 1 N–H and O–H groups in total. The molecule has 2 bridgehead atoms. The second-order valence-electron chi connectivity index (χ2n) is 5.40. The van der Waals surface area contributed by atoms with Crippen molar-refractivity contribution in [3.8, 4) is 0 Å². The fourth-order valence-corrected chi connectivity index (χ4v) is 3.47. The third kappa shape index (κ3) is 2.76. The Morgan fingerprint density at radius 3 is 3.00 bits per heavy atom.